The van der Waals surface area contributed by atoms with Crippen molar-refractivity contribution < 1.29 is 47.1 Å². The molecule has 0 aliphatic carbocycles. The number of anilines is 4. The van der Waals surface area contributed by atoms with E-state index in [4.69, 9.17) is 20.6 Å². The van der Waals surface area contributed by atoms with Crippen molar-refractivity contribution in [2.45, 2.75) is 19.3 Å². The Labute approximate surface area is 404 Å². The molecule has 4 nitrogen and oxygen atoms in total. The smallest absolute Gasteiger partial charge is 0.135 e. The first-order chi connectivity index (χ1) is 37.9. The summed E-state index contributed by atoms with van der Waals surface area (Å²) in [4.78, 5) is 7.92. The third kappa shape index (κ3) is 6.72. The molecule has 10 aromatic rings. The van der Waals surface area contributed by atoms with E-state index in [9.17, 15) is 5.48 Å². The number of hydrogen-bond acceptors (Lipinski definition) is 3. The molecule has 5 heteroatoms. The summed E-state index contributed by atoms with van der Waals surface area (Å²) in [6, 6.07) is 19.4. The molecular formula is C57H41N4Pt-3. The number of hydrogen-bond donors (Lipinski definition) is 0. The number of rotatable bonds is 8. The summed E-state index contributed by atoms with van der Waals surface area (Å²) >= 11 is 0. The van der Waals surface area contributed by atoms with Crippen molar-refractivity contribution in [3.05, 3.63) is 236 Å². The molecule has 0 saturated carbocycles. The van der Waals surface area contributed by atoms with Gasteiger partial charge in [0.15, 0.2) is 0 Å². The Bertz CT molecular complexity index is 4160. The third-order valence-electron chi connectivity index (χ3n) is 10.9. The van der Waals surface area contributed by atoms with Crippen LogP contribution in [0.25, 0.3) is 61.0 Å². The van der Waals surface area contributed by atoms with Gasteiger partial charge in [0, 0.05) is 61.0 Å². The Morgan fingerprint density at radius 2 is 1.15 bits per heavy atom. The van der Waals surface area contributed by atoms with Gasteiger partial charge >= 0.3 is 0 Å². The molecule has 0 N–H and O–H groups in total. The Kier molecular flexibility index (Phi) is 6.05. The molecule has 8 aromatic carbocycles. The van der Waals surface area contributed by atoms with E-state index in [1.54, 1.807) is 81.8 Å². The average molecular weight is 996 g/mol. The van der Waals surface area contributed by atoms with Crippen LogP contribution in [0.3, 0.4) is 0 Å². The second-order valence-electron chi connectivity index (χ2n) is 14.7. The molecule has 0 amide bonds. The topological polar surface area (TPSA) is 24.3 Å². The zero-order chi connectivity index (χ0) is 57.5. The van der Waals surface area contributed by atoms with E-state index in [1.165, 1.54) is 12.1 Å². The zero-order valence-electron chi connectivity index (χ0n) is 51.8. The molecule has 0 saturated heterocycles. The van der Waals surface area contributed by atoms with Gasteiger partial charge in [0.05, 0.1) is 26.0 Å². The van der Waals surface area contributed by atoms with Crippen LogP contribution in [0.2, 0.25) is 0 Å². The fourth-order valence-corrected chi connectivity index (χ4v) is 7.89. The van der Waals surface area contributed by atoms with Crippen LogP contribution < -0.4 is 9.80 Å². The van der Waals surface area contributed by atoms with Crippen LogP contribution in [0.5, 0.6) is 0 Å². The maximum absolute atomic E-state index is 9.32. The van der Waals surface area contributed by atoms with Gasteiger partial charge in [0.1, 0.15) is 5.82 Å². The largest absolute Gasteiger partial charge is 0.493 e. The molecular weight excluding hydrogens is 936 g/mol. The molecule has 0 fully saturated rings. The molecule has 11 rings (SSSR count). The number of pyridine rings is 1. The summed E-state index contributed by atoms with van der Waals surface area (Å²) in [5.41, 5.74) is 0.760. The monoisotopic (exact) mass is 995 g/mol. The number of fused-ring (bicyclic) bond motifs is 4. The van der Waals surface area contributed by atoms with Gasteiger partial charge in [-0.3, -0.25) is 0 Å². The predicted octanol–water partition coefficient (Wildman–Crippen LogP) is 14.5. The minimum Gasteiger partial charge on any atom is -0.493 e. The summed E-state index contributed by atoms with van der Waals surface area (Å²) in [7, 11) is 0. The summed E-state index contributed by atoms with van der Waals surface area (Å²) in [5.74, 6) is 0.415. The average Bonchev–Trinajstić information content (AvgIpc) is 4.13. The van der Waals surface area contributed by atoms with Gasteiger partial charge in [-0.15, -0.1) is 17.7 Å². The van der Waals surface area contributed by atoms with Gasteiger partial charge in [0.25, 0.3) is 0 Å². The quantitative estimate of drug-likeness (QED) is 0.142. The van der Waals surface area contributed by atoms with Gasteiger partial charge in [-0.25, -0.2) is 4.98 Å². The van der Waals surface area contributed by atoms with Crippen LogP contribution in [0.15, 0.2) is 206 Å². The Balaban J connectivity index is 0.00000736. The number of benzene rings is 8. The fraction of sp³-hybridized carbons (Fsp3) is 0.0526. The van der Waals surface area contributed by atoms with E-state index in [0.717, 1.165) is 0 Å². The normalized spacial score (nSPS) is 16.7. The Hall–Kier alpha value is -7.00. The second-order valence-corrected chi connectivity index (χ2v) is 14.7. The first-order valence-electron chi connectivity index (χ1n) is 28.7. The van der Waals surface area contributed by atoms with Crippen LogP contribution >= 0.6 is 0 Å². The van der Waals surface area contributed by atoms with Crippen molar-refractivity contribution in [1.29, 1.82) is 0 Å². The number of para-hydroxylation sites is 3. The summed E-state index contributed by atoms with van der Waals surface area (Å²) in [6.45, 7) is 5.55. The van der Waals surface area contributed by atoms with Crippen molar-refractivity contribution in [3.63, 3.8) is 0 Å². The van der Waals surface area contributed by atoms with Crippen LogP contribution in [0.4, 0.5) is 22.7 Å². The van der Waals surface area contributed by atoms with Gasteiger partial charge in [-0.2, -0.15) is 53.6 Å². The molecule has 2 aromatic heterocycles. The standard InChI is InChI=1S/C57H41N4.Pt/c1-57(2,45-32-33-48-47-27-12-13-28-51(47)61(54(48)38-45)55-31-16-17-34-58-55)44-25-18-26-46(37-44)59-39-60(53-30-15-14-29-52(53)59)56-49(41-21-8-4-9-22-41)35-43(40-19-6-3-7-20-40)36-50(56)42-23-10-5-11-24-42;/h3-36,39H,1-2H3;/q-3;/i3D,4D,5D,6D,7D,8D,9D,10D,11D,12D,13D,19D,20D,21D,22D,23D,24D,27D,28D;. The van der Waals surface area contributed by atoms with Crippen molar-refractivity contribution in [2.75, 3.05) is 9.80 Å². The molecule has 0 radical (unpaired) electrons. The van der Waals surface area contributed by atoms with E-state index in [0.29, 0.717) is 50.3 Å². The maximum atomic E-state index is 9.32. The SMILES string of the molecule is [2H]c1c([2H])c([2H])c(-c2cc(-c3c([2H])c([2H])c([2H])c([2H])c3[2H])c(N3[CH-]N(c4[c-]c(C(C)(C)c5[c-]c6c(cc5)c5c([2H])c([2H])c([2H])c([2H])c5n6-c5ccccn5)ccc4)c4ccccc43)c(-c3c([2H])c([2H])c([2H])c([2H])c3[2H])c2)c([2H])c1[2H].[Pt]. The Morgan fingerprint density at radius 3 is 1.81 bits per heavy atom. The van der Waals surface area contributed by atoms with E-state index < -0.39 is 113 Å². The van der Waals surface area contributed by atoms with Gasteiger partial charge < -0.3 is 14.4 Å². The van der Waals surface area contributed by atoms with Crippen molar-refractivity contribution in [1.82, 2.24) is 9.55 Å². The van der Waals surface area contributed by atoms with E-state index in [1.807, 2.05) is 32.0 Å². The van der Waals surface area contributed by atoms with Crippen molar-refractivity contribution >= 4 is 44.6 Å². The van der Waals surface area contributed by atoms with Crippen molar-refractivity contribution in [3.8, 4) is 39.2 Å². The van der Waals surface area contributed by atoms with Gasteiger partial charge in [-0.1, -0.05) is 146 Å². The minimum atomic E-state index is -0.898. The molecule has 0 bridgehead atoms. The van der Waals surface area contributed by atoms with E-state index in [-0.39, 0.29) is 72.7 Å². The zero-order valence-corrected chi connectivity index (χ0v) is 35.1. The minimum absolute atomic E-state index is 0. The number of nitrogens with zero attached hydrogens (tertiary/aromatic N) is 4. The van der Waals surface area contributed by atoms with Crippen LogP contribution in [0, 0.1) is 18.8 Å². The number of aromatic nitrogens is 2. The fourth-order valence-electron chi connectivity index (χ4n) is 7.89. The van der Waals surface area contributed by atoms with E-state index in [2.05, 4.69) is 17.1 Å². The summed E-state index contributed by atoms with van der Waals surface area (Å²) in [6.07, 6.45) is 1.59. The molecule has 302 valence electrons. The van der Waals surface area contributed by atoms with Crippen LogP contribution in [0.1, 0.15) is 51.0 Å². The molecule has 62 heavy (non-hydrogen) atoms. The molecule has 1 aliphatic rings. The van der Waals surface area contributed by atoms with Crippen molar-refractivity contribution in [2.24, 2.45) is 0 Å². The molecule has 0 spiro atoms. The molecule has 0 atom stereocenters. The Morgan fingerprint density at radius 1 is 0.548 bits per heavy atom. The summed E-state index contributed by atoms with van der Waals surface area (Å²) in [5, 5.41) is 0.845. The molecule has 0 unspecified atom stereocenters. The van der Waals surface area contributed by atoms with Crippen LogP contribution in [-0.2, 0) is 26.5 Å². The van der Waals surface area contributed by atoms with Gasteiger partial charge in [0.2, 0.25) is 0 Å². The first-order valence-corrected chi connectivity index (χ1v) is 19.2. The van der Waals surface area contributed by atoms with Crippen LogP contribution in [-0.4, -0.2) is 9.55 Å². The second kappa shape index (κ2) is 16.1. The first kappa shape index (κ1) is 23.3. The molecule has 1 aliphatic heterocycles. The van der Waals surface area contributed by atoms with Gasteiger partial charge in [-0.05, 0) is 75.5 Å². The molecule has 3 heterocycles. The third-order valence-corrected chi connectivity index (χ3v) is 10.9. The predicted molar refractivity (Wildman–Crippen MR) is 253 cm³/mol. The summed E-state index contributed by atoms with van der Waals surface area (Å²) < 4.78 is 170. The van der Waals surface area contributed by atoms with E-state index >= 15 is 0 Å². The maximum Gasteiger partial charge on any atom is 0.135 e.